The summed E-state index contributed by atoms with van der Waals surface area (Å²) in [5.74, 6) is 0. The van der Waals surface area contributed by atoms with E-state index in [0.29, 0.717) is 6.54 Å². The fourth-order valence-electron chi connectivity index (χ4n) is 1.13. The van der Waals surface area contributed by atoms with Gasteiger partial charge >= 0.3 is 0 Å². The van der Waals surface area contributed by atoms with Gasteiger partial charge in [-0.15, -0.1) is 4.83 Å². The number of nitrogens with two attached hydrogens (primary N) is 1. The molecule has 6 heteroatoms. The highest BCUT2D eigenvalue weighted by molar-refractivity contribution is 7.89. The number of hydrogen-bond donors (Lipinski definition) is 2. The number of rotatable bonds is 4. The molecule has 0 amide bonds. The van der Waals surface area contributed by atoms with Crippen molar-refractivity contribution >= 4 is 10.0 Å². The van der Waals surface area contributed by atoms with Crippen LogP contribution in [0.1, 0.15) is 5.56 Å². The van der Waals surface area contributed by atoms with Gasteiger partial charge in [-0.25, -0.2) is 13.4 Å². The number of sulfonamides is 1. The van der Waals surface area contributed by atoms with Gasteiger partial charge in [-0.05, 0) is 17.7 Å². The van der Waals surface area contributed by atoms with E-state index >= 15 is 0 Å². The van der Waals surface area contributed by atoms with Crippen molar-refractivity contribution in [3.8, 4) is 0 Å². The van der Waals surface area contributed by atoms with Gasteiger partial charge in [0.15, 0.2) is 0 Å². The summed E-state index contributed by atoms with van der Waals surface area (Å²) in [6, 6.07) is 6.55. The summed E-state index contributed by atoms with van der Waals surface area (Å²) in [5.41, 5.74) is 6.23. The molecule has 1 aromatic rings. The lowest BCUT2D eigenvalue weighted by atomic mass is 10.2. The Morgan fingerprint density at radius 3 is 2.60 bits per heavy atom. The molecule has 0 fully saturated rings. The first-order valence-corrected chi connectivity index (χ1v) is 5.93. The van der Waals surface area contributed by atoms with Crippen LogP contribution in [0.2, 0.25) is 0 Å². The summed E-state index contributed by atoms with van der Waals surface area (Å²) >= 11 is 0. The molecule has 0 radical (unpaired) electrons. The molecule has 0 saturated carbocycles. The quantitative estimate of drug-likeness (QED) is 0.707. The summed E-state index contributed by atoms with van der Waals surface area (Å²) in [6.07, 6.45) is 0. The van der Waals surface area contributed by atoms with Gasteiger partial charge in [-0.2, -0.15) is 0 Å². The average Bonchev–Trinajstić information content (AvgIpc) is 2.16. The molecule has 0 spiro atoms. The van der Waals surface area contributed by atoms with Crippen molar-refractivity contribution in [2.75, 3.05) is 14.1 Å². The van der Waals surface area contributed by atoms with Crippen LogP contribution in [0.15, 0.2) is 29.2 Å². The van der Waals surface area contributed by atoms with Crippen LogP contribution in [0.25, 0.3) is 0 Å². The topological polar surface area (TPSA) is 75.4 Å². The van der Waals surface area contributed by atoms with E-state index in [0.717, 1.165) is 5.56 Å². The van der Waals surface area contributed by atoms with Gasteiger partial charge in [0.2, 0.25) is 0 Å². The van der Waals surface area contributed by atoms with Crippen molar-refractivity contribution < 1.29 is 8.42 Å². The lowest BCUT2D eigenvalue weighted by Gasteiger charge is -2.12. The maximum atomic E-state index is 11.7. The lowest BCUT2D eigenvalue weighted by molar-refractivity contribution is 0.364. The van der Waals surface area contributed by atoms with Crippen LogP contribution in [0.5, 0.6) is 0 Å². The van der Waals surface area contributed by atoms with E-state index in [1.807, 2.05) is 0 Å². The van der Waals surface area contributed by atoms with E-state index in [2.05, 4.69) is 4.83 Å². The summed E-state index contributed by atoms with van der Waals surface area (Å²) in [4.78, 5) is 2.57. The van der Waals surface area contributed by atoms with Crippen molar-refractivity contribution in [1.82, 2.24) is 9.84 Å². The first kappa shape index (κ1) is 12.1. The Morgan fingerprint density at radius 2 is 2.07 bits per heavy atom. The van der Waals surface area contributed by atoms with Gasteiger partial charge in [-0.1, -0.05) is 12.1 Å². The zero-order valence-electron chi connectivity index (χ0n) is 8.77. The number of nitrogens with one attached hydrogen (secondary N) is 1. The zero-order valence-corrected chi connectivity index (χ0v) is 9.58. The third-order valence-electron chi connectivity index (χ3n) is 1.75. The normalized spacial score (nSPS) is 12.0. The van der Waals surface area contributed by atoms with E-state index in [1.54, 1.807) is 32.3 Å². The predicted octanol–water partition coefficient (Wildman–Crippen LogP) is -0.0998. The molecular formula is C9H15N3O2S. The van der Waals surface area contributed by atoms with Crippen LogP contribution in [-0.2, 0) is 16.6 Å². The Kier molecular flexibility index (Phi) is 3.81. The second-order valence-electron chi connectivity index (χ2n) is 3.34. The van der Waals surface area contributed by atoms with Gasteiger partial charge in [0.25, 0.3) is 10.0 Å². The Balaban J connectivity index is 3.04. The number of benzene rings is 1. The lowest BCUT2D eigenvalue weighted by Crippen LogP contribution is -2.36. The van der Waals surface area contributed by atoms with Crippen LogP contribution >= 0.6 is 0 Å². The summed E-state index contributed by atoms with van der Waals surface area (Å²) < 4.78 is 23.4. The highest BCUT2D eigenvalue weighted by atomic mass is 32.2. The largest absolute Gasteiger partial charge is 0.326 e. The Hall–Kier alpha value is -0.950. The standard InChI is InChI=1S/C9H15N3O2S/c1-12(2)11-15(13,14)9-5-3-4-8(6-9)7-10/h3-6,11H,7,10H2,1-2H3. The molecule has 84 valence electrons. The second-order valence-corrected chi connectivity index (χ2v) is 5.00. The van der Waals surface area contributed by atoms with Crippen molar-refractivity contribution in [2.24, 2.45) is 5.73 Å². The Labute approximate surface area is 89.9 Å². The van der Waals surface area contributed by atoms with Gasteiger partial charge in [0.05, 0.1) is 4.90 Å². The fourth-order valence-corrected chi connectivity index (χ4v) is 2.28. The number of nitrogens with zero attached hydrogens (tertiary/aromatic N) is 1. The molecule has 1 aromatic carbocycles. The van der Waals surface area contributed by atoms with Crippen LogP contribution in [-0.4, -0.2) is 27.5 Å². The van der Waals surface area contributed by atoms with Gasteiger partial charge in [-0.3, -0.25) is 0 Å². The minimum Gasteiger partial charge on any atom is -0.326 e. The molecule has 0 saturated heterocycles. The molecule has 1 rings (SSSR count). The first-order valence-electron chi connectivity index (χ1n) is 4.44. The average molecular weight is 229 g/mol. The molecule has 15 heavy (non-hydrogen) atoms. The van der Waals surface area contributed by atoms with Crippen LogP contribution < -0.4 is 10.6 Å². The van der Waals surface area contributed by atoms with Crippen LogP contribution in [0.4, 0.5) is 0 Å². The minimum atomic E-state index is -3.47. The first-order chi connectivity index (χ1) is 6.95. The summed E-state index contributed by atoms with van der Waals surface area (Å²) in [6.45, 7) is 0.325. The molecule has 5 nitrogen and oxygen atoms in total. The minimum absolute atomic E-state index is 0.221. The third-order valence-corrected chi connectivity index (χ3v) is 3.23. The molecule has 0 aliphatic rings. The molecule has 0 bridgehead atoms. The molecular weight excluding hydrogens is 214 g/mol. The highest BCUT2D eigenvalue weighted by Gasteiger charge is 2.14. The van der Waals surface area contributed by atoms with Crippen LogP contribution in [0, 0.1) is 0 Å². The summed E-state index contributed by atoms with van der Waals surface area (Å²) in [7, 11) is -0.241. The van der Waals surface area contributed by atoms with Gasteiger partial charge < -0.3 is 5.73 Å². The second kappa shape index (κ2) is 4.71. The van der Waals surface area contributed by atoms with E-state index in [-0.39, 0.29) is 4.90 Å². The van der Waals surface area contributed by atoms with E-state index < -0.39 is 10.0 Å². The van der Waals surface area contributed by atoms with Crippen molar-refractivity contribution in [3.63, 3.8) is 0 Å². The van der Waals surface area contributed by atoms with Crippen molar-refractivity contribution in [1.29, 1.82) is 0 Å². The summed E-state index contributed by atoms with van der Waals surface area (Å²) in [5, 5.41) is 1.38. The molecule has 0 aliphatic heterocycles. The number of hydrazine groups is 1. The predicted molar refractivity (Wildman–Crippen MR) is 58.3 cm³/mol. The smallest absolute Gasteiger partial charge is 0.253 e. The SMILES string of the molecule is CN(C)NS(=O)(=O)c1cccc(CN)c1. The zero-order chi connectivity index (χ0) is 11.5. The fraction of sp³-hybridized carbons (Fsp3) is 0.333. The Morgan fingerprint density at radius 1 is 1.40 bits per heavy atom. The maximum absolute atomic E-state index is 11.7. The third kappa shape index (κ3) is 3.28. The molecule has 0 atom stereocenters. The molecule has 0 heterocycles. The van der Waals surface area contributed by atoms with Crippen molar-refractivity contribution in [3.05, 3.63) is 29.8 Å². The molecule has 0 aromatic heterocycles. The van der Waals surface area contributed by atoms with E-state index in [1.165, 1.54) is 11.1 Å². The van der Waals surface area contributed by atoms with E-state index in [9.17, 15) is 8.42 Å². The van der Waals surface area contributed by atoms with Crippen LogP contribution in [0.3, 0.4) is 0 Å². The van der Waals surface area contributed by atoms with Gasteiger partial charge in [0.1, 0.15) is 0 Å². The molecule has 3 N–H and O–H groups in total. The maximum Gasteiger partial charge on any atom is 0.253 e. The van der Waals surface area contributed by atoms with Gasteiger partial charge in [0, 0.05) is 20.6 Å². The monoisotopic (exact) mass is 229 g/mol. The molecule has 0 aliphatic carbocycles. The van der Waals surface area contributed by atoms with Crippen molar-refractivity contribution in [2.45, 2.75) is 11.4 Å². The van der Waals surface area contributed by atoms with E-state index in [4.69, 9.17) is 5.73 Å². The highest BCUT2D eigenvalue weighted by Crippen LogP contribution is 2.10. The number of hydrogen-bond acceptors (Lipinski definition) is 4. The Bertz CT molecular complexity index is 429. The molecule has 0 unspecified atom stereocenters.